The largest absolute Gasteiger partial charge is 0.493 e. The van der Waals surface area contributed by atoms with Gasteiger partial charge in [0.1, 0.15) is 5.75 Å². The Labute approximate surface area is 171 Å². The zero-order valence-corrected chi connectivity index (χ0v) is 17.3. The van der Waals surface area contributed by atoms with Gasteiger partial charge in [-0.2, -0.15) is 0 Å². The fourth-order valence-corrected chi connectivity index (χ4v) is 3.98. The number of ether oxygens (including phenoxy) is 1. The van der Waals surface area contributed by atoms with Gasteiger partial charge in [0.05, 0.1) is 11.9 Å². The quantitative estimate of drug-likeness (QED) is 0.724. The molecule has 28 heavy (non-hydrogen) atoms. The number of carbonyl (C=O) groups is 2. The molecule has 3 rings (SSSR count). The van der Waals surface area contributed by atoms with Crippen molar-refractivity contribution in [3.8, 4) is 5.75 Å². The maximum atomic E-state index is 11.9. The second kappa shape index (κ2) is 9.24. The fraction of sp³-hybridized carbons (Fsp3) is 0.409. The van der Waals surface area contributed by atoms with Gasteiger partial charge in [0, 0.05) is 18.3 Å². The van der Waals surface area contributed by atoms with Crippen molar-refractivity contribution in [2.75, 3.05) is 6.61 Å². The van der Waals surface area contributed by atoms with Crippen LogP contribution in [-0.2, 0) is 24.1 Å². The van der Waals surface area contributed by atoms with Gasteiger partial charge in [-0.25, -0.2) is 0 Å². The SMILES string of the molecule is [2H]N1C(=O)SC(Cc2ccc(OCCc3ccc(CC(C)C)cn3)c(C)c2)C1=O. The monoisotopic (exact) mass is 399 g/mol. The highest BCUT2D eigenvalue weighted by atomic mass is 32.2. The number of aromatic nitrogens is 1. The molecule has 1 aliphatic heterocycles. The molecule has 5 nitrogen and oxygen atoms in total. The molecule has 1 aliphatic rings. The van der Waals surface area contributed by atoms with Crippen molar-refractivity contribution < 1.29 is 15.7 Å². The van der Waals surface area contributed by atoms with E-state index >= 15 is 0 Å². The van der Waals surface area contributed by atoms with Gasteiger partial charge in [-0.15, -0.1) is 0 Å². The van der Waals surface area contributed by atoms with Crippen LogP contribution in [0.5, 0.6) is 5.75 Å². The van der Waals surface area contributed by atoms with Crippen LogP contribution in [0.4, 0.5) is 4.79 Å². The van der Waals surface area contributed by atoms with Gasteiger partial charge in [-0.05, 0) is 54.5 Å². The first-order valence-electron chi connectivity index (χ1n) is 9.98. The van der Waals surface area contributed by atoms with E-state index in [4.69, 9.17) is 6.15 Å². The number of amides is 2. The van der Waals surface area contributed by atoms with E-state index in [0.29, 0.717) is 24.3 Å². The molecule has 0 aliphatic carbocycles. The molecule has 2 aromatic rings. The van der Waals surface area contributed by atoms with Crippen LogP contribution >= 0.6 is 11.8 Å². The average molecular weight is 400 g/mol. The molecule has 148 valence electrons. The summed E-state index contributed by atoms with van der Waals surface area (Å²) >= 11 is 0.914. The topological polar surface area (TPSA) is 68.3 Å². The Kier molecular flexibility index (Phi) is 6.27. The lowest BCUT2D eigenvalue weighted by Crippen LogP contribution is -2.25. The highest BCUT2D eigenvalue weighted by Crippen LogP contribution is 2.26. The maximum Gasteiger partial charge on any atom is 0.286 e. The lowest BCUT2D eigenvalue weighted by molar-refractivity contribution is -0.118. The average Bonchev–Trinajstić information content (AvgIpc) is 2.91. The van der Waals surface area contributed by atoms with E-state index in [1.807, 2.05) is 31.3 Å². The van der Waals surface area contributed by atoms with Gasteiger partial charge in [-0.1, -0.05) is 43.8 Å². The van der Waals surface area contributed by atoms with Crippen molar-refractivity contribution >= 4 is 22.9 Å². The van der Waals surface area contributed by atoms with Crippen molar-refractivity contribution in [2.24, 2.45) is 5.92 Å². The van der Waals surface area contributed by atoms with E-state index in [1.54, 1.807) is 0 Å². The maximum absolute atomic E-state index is 11.9. The molecule has 0 bridgehead atoms. The van der Waals surface area contributed by atoms with E-state index in [2.05, 4.69) is 31.0 Å². The fourth-order valence-electron chi connectivity index (χ4n) is 3.16. The van der Waals surface area contributed by atoms with Crippen LogP contribution in [0, 0.1) is 12.8 Å². The van der Waals surface area contributed by atoms with Crippen LogP contribution in [0.2, 0.25) is 1.41 Å². The standard InChI is InChI=1S/C22H26N2O3S/c1-14(2)10-17-4-6-18(23-13-17)8-9-27-19-7-5-16(11-15(19)3)12-20-21(25)24-22(26)28-20/h4-7,11,13-14,20H,8-10,12H2,1-3H3,(H,24,25,26)/i/hD. The minimum absolute atomic E-state index is 0.429. The number of carbonyl (C=O) groups excluding carboxylic acids is 2. The van der Waals surface area contributed by atoms with Crippen molar-refractivity contribution in [1.29, 1.82) is 0 Å². The van der Waals surface area contributed by atoms with Gasteiger partial charge in [-0.3, -0.25) is 19.9 Å². The summed E-state index contributed by atoms with van der Waals surface area (Å²) in [5.74, 6) is 0.965. The van der Waals surface area contributed by atoms with Crippen molar-refractivity contribution in [3.05, 3.63) is 58.9 Å². The van der Waals surface area contributed by atoms with E-state index in [1.165, 1.54) is 5.56 Å². The number of rotatable bonds is 8. The number of nitrogens with zero attached hydrogens (tertiary/aromatic N) is 1. The molecule has 1 unspecified atom stereocenters. The molecule has 1 aromatic carbocycles. The number of aryl methyl sites for hydroxylation is 1. The lowest BCUT2D eigenvalue weighted by Gasteiger charge is -2.12. The second-order valence-corrected chi connectivity index (χ2v) is 8.63. The summed E-state index contributed by atoms with van der Waals surface area (Å²) in [5.41, 5.74) is 4.19. The highest BCUT2D eigenvalue weighted by molar-refractivity contribution is 8.15. The predicted molar refractivity (Wildman–Crippen MR) is 112 cm³/mol. The van der Waals surface area contributed by atoms with Crippen LogP contribution < -0.4 is 10.0 Å². The third-order valence-corrected chi connectivity index (χ3v) is 5.47. The van der Waals surface area contributed by atoms with E-state index in [0.717, 1.165) is 47.2 Å². The normalized spacial score (nSPS) is 17.4. The summed E-state index contributed by atoms with van der Waals surface area (Å²) in [5, 5.41) is -0.582. The van der Waals surface area contributed by atoms with Gasteiger partial charge >= 0.3 is 0 Å². The minimum Gasteiger partial charge on any atom is -0.493 e. The smallest absolute Gasteiger partial charge is 0.286 e. The summed E-state index contributed by atoms with van der Waals surface area (Å²) < 4.78 is 13.3. The summed E-state index contributed by atoms with van der Waals surface area (Å²) in [7, 11) is 0. The first-order chi connectivity index (χ1) is 13.8. The molecule has 0 spiro atoms. The Morgan fingerprint density at radius 1 is 1.25 bits per heavy atom. The predicted octanol–water partition coefficient (Wildman–Crippen LogP) is 4.10. The molecule has 1 fully saturated rings. The third kappa shape index (κ3) is 5.58. The number of hydrogen-bond acceptors (Lipinski definition) is 5. The molecule has 1 N–H and O–H groups in total. The summed E-state index contributed by atoms with van der Waals surface area (Å²) in [4.78, 5) is 27.9. The number of benzene rings is 1. The van der Waals surface area contributed by atoms with Crippen LogP contribution in [0.1, 0.15) is 36.2 Å². The zero-order chi connectivity index (χ0) is 21.0. The second-order valence-electron chi connectivity index (χ2n) is 7.48. The molecule has 2 heterocycles. The van der Waals surface area contributed by atoms with E-state index < -0.39 is 16.4 Å². The molecule has 1 saturated heterocycles. The Morgan fingerprint density at radius 3 is 2.64 bits per heavy atom. The number of imide groups is 1. The minimum atomic E-state index is -0.518. The van der Waals surface area contributed by atoms with Crippen LogP contribution in [0.25, 0.3) is 0 Å². The Balaban J connectivity index is 1.52. The summed E-state index contributed by atoms with van der Waals surface area (Å²) in [6, 6.07) is 9.97. The highest BCUT2D eigenvalue weighted by Gasteiger charge is 2.31. The van der Waals surface area contributed by atoms with Crippen LogP contribution in [-0.4, -0.2) is 28.0 Å². The first kappa shape index (κ1) is 19.0. The molecule has 0 radical (unpaired) electrons. The third-order valence-electron chi connectivity index (χ3n) is 4.53. The summed E-state index contributed by atoms with van der Waals surface area (Å²) in [6.45, 7) is 6.89. The zero-order valence-electron chi connectivity index (χ0n) is 17.5. The number of thioether (sulfide) groups is 1. The first-order valence-corrected chi connectivity index (χ1v) is 10.4. The van der Waals surface area contributed by atoms with Gasteiger partial charge in [0.15, 0.2) is 1.41 Å². The number of nitrogens with one attached hydrogen (secondary N) is 1. The van der Waals surface area contributed by atoms with E-state index in [9.17, 15) is 9.59 Å². The lowest BCUT2D eigenvalue weighted by atomic mass is 10.0. The molecular formula is C22H26N2O3S. The van der Waals surface area contributed by atoms with Crippen LogP contribution in [0.3, 0.4) is 0 Å². The van der Waals surface area contributed by atoms with Gasteiger partial charge < -0.3 is 4.74 Å². The van der Waals surface area contributed by atoms with Gasteiger partial charge in [0.2, 0.25) is 5.91 Å². The van der Waals surface area contributed by atoms with Crippen molar-refractivity contribution in [2.45, 2.75) is 45.3 Å². The summed E-state index contributed by atoms with van der Waals surface area (Å²) in [6.07, 6.45) is 4.14. The molecule has 2 amide bonds. The molecular weight excluding hydrogens is 372 g/mol. The Bertz CT molecular complexity index is 886. The molecule has 6 heteroatoms. The van der Waals surface area contributed by atoms with Gasteiger partial charge in [0.25, 0.3) is 5.24 Å². The van der Waals surface area contributed by atoms with Crippen molar-refractivity contribution in [1.82, 2.24) is 10.3 Å². The molecule has 1 aromatic heterocycles. The van der Waals surface area contributed by atoms with Crippen molar-refractivity contribution in [3.63, 3.8) is 0 Å². The number of pyridine rings is 1. The van der Waals surface area contributed by atoms with Crippen LogP contribution in [0.15, 0.2) is 36.5 Å². The molecule has 0 saturated carbocycles. The number of hydrogen-bond donors (Lipinski definition) is 1. The Morgan fingerprint density at radius 2 is 2.04 bits per heavy atom. The Hall–Kier alpha value is -2.34. The molecule has 1 atom stereocenters. The van der Waals surface area contributed by atoms with E-state index in [-0.39, 0.29) is 0 Å².